The zero-order valence-electron chi connectivity index (χ0n) is 11.3. The van der Waals surface area contributed by atoms with Gasteiger partial charge in [0.2, 0.25) is 0 Å². The number of hydrogen-bond donors (Lipinski definition) is 1. The Labute approximate surface area is 124 Å². The van der Waals surface area contributed by atoms with E-state index in [1.54, 1.807) is 11.8 Å². The molecule has 21 heavy (non-hydrogen) atoms. The van der Waals surface area contributed by atoms with Crippen LogP contribution in [0.25, 0.3) is 0 Å². The van der Waals surface area contributed by atoms with Gasteiger partial charge in [0, 0.05) is 12.4 Å². The van der Waals surface area contributed by atoms with Crippen LogP contribution in [0.3, 0.4) is 0 Å². The van der Waals surface area contributed by atoms with Crippen LogP contribution >= 0.6 is 11.8 Å². The van der Waals surface area contributed by atoms with Crippen molar-refractivity contribution >= 4 is 21.9 Å². The lowest BCUT2D eigenvalue weighted by Gasteiger charge is -2.14. The summed E-state index contributed by atoms with van der Waals surface area (Å²) in [4.78, 5) is 2.19. The van der Waals surface area contributed by atoms with Crippen molar-refractivity contribution in [1.82, 2.24) is 4.90 Å². The van der Waals surface area contributed by atoms with E-state index < -0.39 is 15.6 Å². The average Bonchev–Trinajstić information content (AvgIpc) is 2.30. The standard InChI is InChI=1S/C10H14FNS.CHF3O3S/c1-12(8-13-2)7-9-3-5-10(11)6-4-9;2-1(3,4)8(5,6)7/h3-6H,7-8H2,1-2H3;(H,5,6,7). The minimum Gasteiger partial charge on any atom is -0.293 e. The highest BCUT2D eigenvalue weighted by molar-refractivity contribution is 7.98. The number of hydrogen-bond acceptors (Lipinski definition) is 4. The third kappa shape index (κ3) is 8.91. The molecule has 0 aliphatic carbocycles. The molecule has 0 aliphatic heterocycles. The fraction of sp³-hybridized carbons (Fsp3) is 0.455. The van der Waals surface area contributed by atoms with Crippen molar-refractivity contribution in [2.75, 3.05) is 19.2 Å². The van der Waals surface area contributed by atoms with Crippen LogP contribution in [0.1, 0.15) is 5.56 Å². The van der Waals surface area contributed by atoms with Crippen LogP contribution in [0.4, 0.5) is 17.6 Å². The van der Waals surface area contributed by atoms with E-state index in [2.05, 4.69) is 18.2 Å². The Bertz CT molecular complexity index is 517. The molecule has 1 N–H and O–H groups in total. The van der Waals surface area contributed by atoms with Gasteiger partial charge in [-0.2, -0.15) is 21.6 Å². The van der Waals surface area contributed by atoms with E-state index >= 15 is 0 Å². The van der Waals surface area contributed by atoms with E-state index in [0.29, 0.717) is 0 Å². The molecular formula is C11H15F4NO3S2. The Morgan fingerprint density at radius 2 is 1.67 bits per heavy atom. The van der Waals surface area contributed by atoms with E-state index in [0.717, 1.165) is 18.0 Å². The molecule has 122 valence electrons. The van der Waals surface area contributed by atoms with Gasteiger partial charge < -0.3 is 0 Å². The minimum absolute atomic E-state index is 0.170. The van der Waals surface area contributed by atoms with Crippen molar-refractivity contribution in [2.24, 2.45) is 0 Å². The maximum atomic E-state index is 12.6. The Hall–Kier alpha value is -0.840. The van der Waals surface area contributed by atoms with Crippen LogP contribution < -0.4 is 0 Å². The van der Waals surface area contributed by atoms with Gasteiger partial charge in [-0.05, 0) is 31.0 Å². The third-order valence-electron chi connectivity index (χ3n) is 2.01. The Balaban J connectivity index is 0.000000433. The zero-order valence-corrected chi connectivity index (χ0v) is 12.9. The number of halogens is 4. The third-order valence-corrected chi connectivity index (χ3v) is 3.29. The fourth-order valence-electron chi connectivity index (χ4n) is 1.17. The summed E-state index contributed by atoms with van der Waals surface area (Å²) in [7, 11) is -3.78. The molecule has 0 spiro atoms. The first-order valence-electron chi connectivity index (χ1n) is 5.43. The summed E-state index contributed by atoms with van der Waals surface area (Å²) in [6.45, 7) is 0.876. The van der Waals surface area contributed by atoms with Gasteiger partial charge in [0.25, 0.3) is 0 Å². The molecule has 0 radical (unpaired) electrons. The summed E-state index contributed by atoms with van der Waals surface area (Å²) in [5, 5.41) is 0. The molecule has 4 nitrogen and oxygen atoms in total. The van der Waals surface area contributed by atoms with Crippen LogP contribution in [0, 0.1) is 5.82 Å². The van der Waals surface area contributed by atoms with E-state index in [1.165, 1.54) is 12.1 Å². The molecule has 1 aromatic rings. The quantitative estimate of drug-likeness (QED) is 0.392. The molecular weight excluding hydrogens is 334 g/mol. The summed E-state index contributed by atoms with van der Waals surface area (Å²) in [5.41, 5.74) is -4.38. The molecule has 0 aromatic heterocycles. The predicted octanol–water partition coefficient (Wildman–Crippen LogP) is 2.97. The summed E-state index contributed by atoms with van der Waals surface area (Å²) < 4.78 is 70.1. The second-order valence-corrected chi connectivity index (χ2v) is 6.23. The van der Waals surface area contributed by atoms with Crippen molar-refractivity contribution in [3.8, 4) is 0 Å². The van der Waals surface area contributed by atoms with Crippen molar-refractivity contribution in [3.05, 3.63) is 35.6 Å². The summed E-state index contributed by atoms with van der Waals surface area (Å²) in [6, 6.07) is 6.66. The minimum atomic E-state index is -5.84. The Morgan fingerprint density at radius 3 is 2.00 bits per heavy atom. The van der Waals surface area contributed by atoms with Crippen LogP contribution in [-0.4, -0.2) is 42.6 Å². The van der Waals surface area contributed by atoms with Crippen LogP contribution in [0.2, 0.25) is 0 Å². The maximum absolute atomic E-state index is 12.6. The van der Waals surface area contributed by atoms with Gasteiger partial charge in [0.1, 0.15) is 5.82 Å². The molecule has 0 fully saturated rings. The SMILES string of the molecule is CSCN(C)Cc1ccc(F)cc1.O=S(=O)(O)C(F)(F)F. The van der Waals surface area contributed by atoms with Gasteiger partial charge in [-0.15, -0.1) is 11.8 Å². The van der Waals surface area contributed by atoms with Gasteiger partial charge in [-0.25, -0.2) is 4.39 Å². The van der Waals surface area contributed by atoms with Crippen molar-refractivity contribution < 1.29 is 30.5 Å². The number of alkyl halides is 3. The number of benzene rings is 1. The molecule has 10 heteroatoms. The maximum Gasteiger partial charge on any atom is 0.522 e. The van der Waals surface area contributed by atoms with E-state index in [9.17, 15) is 17.6 Å². The smallest absolute Gasteiger partial charge is 0.293 e. The molecule has 0 saturated heterocycles. The van der Waals surface area contributed by atoms with Crippen molar-refractivity contribution in [2.45, 2.75) is 12.1 Å². The first-order valence-corrected chi connectivity index (χ1v) is 8.26. The highest BCUT2D eigenvalue weighted by Gasteiger charge is 2.44. The topological polar surface area (TPSA) is 57.6 Å². The fourth-order valence-corrected chi connectivity index (χ4v) is 1.70. The molecule has 0 bridgehead atoms. The van der Waals surface area contributed by atoms with Crippen molar-refractivity contribution in [1.29, 1.82) is 0 Å². The van der Waals surface area contributed by atoms with E-state index in [1.807, 2.05) is 12.1 Å². The predicted molar refractivity (Wildman–Crippen MR) is 73.9 cm³/mol. The lowest BCUT2D eigenvalue weighted by molar-refractivity contribution is -0.0510. The molecule has 0 unspecified atom stereocenters. The van der Waals surface area contributed by atoms with Crippen LogP contribution in [0.15, 0.2) is 24.3 Å². The zero-order chi connectivity index (χ0) is 16.7. The lowest BCUT2D eigenvalue weighted by atomic mass is 10.2. The van der Waals surface area contributed by atoms with Gasteiger partial charge in [0.15, 0.2) is 0 Å². The molecule has 0 aliphatic rings. The summed E-state index contributed by atoms with van der Waals surface area (Å²) >= 11 is 1.78. The van der Waals surface area contributed by atoms with Gasteiger partial charge in [0.05, 0.1) is 0 Å². The van der Waals surface area contributed by atoms with Crippen molar-refractivity contribution in [3.63, 3.8) is 0 Å². The molecule has 1 aromatic carbocycles. The Morgan fingerprint density at radius 1 is 1.24 bits per heavy atom. The second kappa shape index (κ2) is 8.57. The molecule has 0 saturated carbocycles. The molecule has 0 heterocycles. The van der Waals surface area contributed by atoms with Crippen LogP contribution in [-0.2, 0) is 16.7 Å². The van der Waals surface area contributed by atoms with E-state index in [-0.39, 0.29) is 5.82 Å². The largest absolute Gasteiger partial charge is 0.522 e. The molecule has 0 atom stereocenters. The lowest BCUT2D eigenvalue weighted by Crippen LogP contribution is -2.21. The molecule has 1 rings (SSSR count). The van der Waals surface area contributed by atoms with Gasteiger partial charge >= 0.3 is 15.6 Å². The highest BCUT2D eigenvalue weighted by atomic mass is 32.2. The number of nitrogens with zero attached hydrogens (tertiary/aromatic N) is 1. The average molecular weight is 349 g/mol. The van der Waals surface area contributed by atoms with E-state index in [4.69, 9.17) is 13.0 Å². The summed E-state index contributed by atoms with van der Waals surface area (Å²) in [6.07, 6.45) is 2.07. The second-order valence-electron chi connectivity index (χ2n) is 3.98. The first kappa shape index (κ1) is 20.2. The molecule has 0 amide bonds. The normalized spacial score (nSPS) is 12.0. The van der Waals surface area contributed by atoms with Gasteiger partial charge in [-0.3, -0.25) is 9.45 Å². The number of rotatable bonds is 4. The first-order chi connectivity index (χ1) is 9.47. The Kier molecular flexibility index (Phi) is 8.22. The monoisotopic (exact) mass is 349 g/mol. The summed E-state index contributed by atoms with van der Waals surface area (Å²) in [5.74, 6) is 0.827. The van der Waals surface area contributed by atoms with Gasteiger partial charge in [-0.1, -0.05) is 12.1 Å². The highest BCUT2D eigenvalue weighted by Crippen LogP contribution is 2.20. The van der Waals surface area contributed by atoms with Crippen LogP contribution in [0.5, 0.6) is 0 Å². The number of thioether (sulfide) groups is 1.